The van der Waals surface area contributed by atoms with Crippen LogP contribution in [0.5, 0.6) is 17.4 Å². The Kier molecular flexibility index (Phi) is 8.93. The second kappa shape index (κ2) is 11.9. The fourth-order valence-electron chi connectivity index (χ4n) is 3.95. The van der Waals surface area contributed by atoms with Crippen molar-refractivity contribution < 1.29 is 9.47 Å². The first-order valence-electron chi connectivity index (χ1n) is 10.9. The Labute approximate surface area is 212 Å². The summed E-state index contributed by atoms with van der Waals surface area (Å²) in [7, 11) is 3.47. The number of aliphatic imine (C=N–C) groups is 1. The highest BCUT2D eigenvalue weighted by Gasteiger charge is 2.28. The molecule has 2 atom stereocenters. The molecule has 1 fully saturated rings. The predicted molar refractivity (Wildman–Crippen MR) is 140 cm³/mol. The molecular formula is C24H31IN6O2. The molecule has 1 aliphatic rings. The van der Waals surface area contributed by atoms with Crippen molar-refractivity contribution in [3.05, 3.63) is 66.9 Å². The van der Waals surface area contributed by atoms with Gasteiger partial charge < -0.3 is 24.3 Å². The summed E-state index contributed by atoms with van der Waals surface area (Å²) in [6.07, 6.45) is 8.73. The zero-order chi connectivity index (χ0) is 22.3. The molecule has 0 radical (unpaired) electrons. The van der Waals surface area contributed by atoms with Crippen LogP contribution in [-0.2, 0) is 6.54 Å². The van der Waals surface area contributed by atoms with Crippen LogP contribution in [0.4, 0.5) is 0 Å². The quantitative estimate of drug-likeness (QED) is 0.274. The van der Waals surface area contributed by atoms with E-state index >= 15 is 0 Å². The Hall–Kier alpha value is -2.82. The number of benzene rings is 1. The van der Waals surface area contributed by atoms with Gasteiger partial charge in [-0.05, 0) is 42.2 Å². The van der Waals surface area contributed by atoms with Gasteiger partial charge in [0.2, 0.25) is 5.88 Å². The highest BCUT2D eigenvalue weighted by molar-refractivity contribution is 14.0. The van der Waals surface area contributed by atoms with E-state index in [4.69, 9.17) is 9.47 Å². The molecule has 1 aliphatic heterocycles. The van der Waals surface area contributed by atoms with Gasteiger partial charge >= 0.3 is 0 Å². The zero-order valence-electron chi connectivity index (χ0n) is 19.2. The maximum absolute atomic E-state index is 5.81. The molecule has 9 heteroatoms. The molecule has 0 aliphatic carbocycles. The van der Waals surface area contributed by atoms with Gasteiger partial charge in [0.15, 0.2) is 5.96 Å². The fourth-order valence-corrected chi connectivity index (χ4v) is 3.95. The lowest BCUT2D eigenvalue weighted by atomic mass is 9.93. The van der Waals surface area contributed by atoms with Crippen LogP contribution in [0.3, 0.4) is 0 Å². The van der Waals surface area contributed by atoms with Crippen LogP contribution in [0.2, 0.25) is 0 Å². The SMILES string of the molecule is CN=C(NCc1ccc(Oc2ccc(OC)cc2)nc1)N1CCC(C)C(n2ccnc2)C1.I. The third-order valence-electron chi connectivity index (χ3n) is 5.87. The molecule has 2 aromatic heterocycles. The molecule has 1 aromatic carbocycles. The largest absolute Gasteiger partial charge is 0.497 e. The molecule has 176 valence electrons. The van der Waals surface area contributed by atoms with E-state index in [0.717, 1.165) is 42.5 Å². The lowest BCUT2D eigenvalue weighted by Gasteiger charge is -2.39. The highest BCUT2D eigenvalue weighted by atomic mass is 127. The minimum absolute atomic E-state index is 0. The number of imidazole rings is 1. The molecule has 1 N–H and O–H groups in total. The number of guanidine groups is 1. The molecule has 8 nitrogen and oxygen atoms in total. The molecule has 0 amide bonds. The summed E-state index contributed by atoms with van der Waals surface area (Å²) in [5, 5.41) is 3.47. The standard InChI is InChI=1S/C24H30N6O2.HI/c1-18-10-12-29(16-22(18)30-13-11-26-17-30)24(25-2)28-15-19-4-9-23(27-14-19)32-21-7-5-20(31-3)6-8-21;/h4-9,11,13-14,17-18,22H,10,12,15-16H2,1-3H3,(H,25,28);1H. The van der Waals surface area contributed by atoms with E-state index in [-0.39, 0.29) is 24.0 Å². The second-order valence-electron chi connectivity index (χ2n) is 7.97. The van der Waals surface area contributed by atoms with Gasteiger partial charge in [-0.1, -0.05) is 13.0 Å². The summed E-state index contributed by atoms with van der Waals surface area (Å²) in [5.74, 6) is 3.56. The lowest BCUT2D eigenvalue weighted by molar-refractivity contribution is 0.189. The number of methoxy groups -OCH3 is 1. The van der Waals surface area contributed by atoms with E-state index in [9.17, 15) is 0 Å². The number of pyridine rings is 1. The van der Waals surface area contributed by atoms with Crippen LogP contribution in [0.25, 0.3) is 0 Å². The monoisotopic (exact) mass is 562 g/mol. The van der Waals surface area contributed by atoms with Gasteiger partial charge in [0.1, 0.15) is 11.5 Å². The third-order valence-corrected chi connectivity index (χ3v) is 5.87. The Morgan fingerprint density at radius 3 is 2.61 bits per heavy atom. The van der Waals surface area contributed by atoms with Crippen LogP contribution in [0, 0.1) is 5.92 Å². The number of nitrogens with one attached hydrogen (secondary N) is 1. The molecule has 0 bridgehead atoms. The summed E-state index contributed by atoms with van der Waals surface area (Å²) in [6, 6.07) is 11.7. The first-order chi connectivity index (χ1) is 15.7. The van der Waals surface area contributed by atoms with E-state index in [1.54, 1.807) is 7.11 Å². The van der Waals surface area contributed by atoms with Crippen LogP contribution >= 0.6 is 24.0 Å². The molecular weight excluding hydrogens is 531 g/mol. The summed E-state index contributed by atoms with van der Waals surface area (Å²) in [5.41, 5.74) is 1.06. The van der Waals surface area contributed by atoms with Gasteiger partial charge in [-0.3, -0.25) is 4.99 Å². The normalized spacial score (nSPS) is 18.4. The first kappa shape index (κ1) is 24.8. The number of halogens is 1. The van der Waals surface area contributed by atoms with Crippen molar-refractivity contribution in [2.45, 2.75) is 25.9 Å². The molecule has 0 saturated carbocycles. The number of likely N-dealkylation sites (tertiary alicyclic amines) is 1. The Balaban J connectivity index is 0.00000306. The zero-order valence-corrected chi connectivity index (χ0v) is 21.5. The minimum Gasteiger partial charge on any atom is -0.497 e. The number of ether oxygens (including phenoxy) is 2. The van der Waals surface area contributed by atoms with Gasteiger partial charge in [-0.15, -0.1) is 24.0 Å². The van der Waals surface area contributed by atoms with Crippen molar-refractivity contribution in [2.75, 3.05) is 27.2 Å². The van der Waals surface area contributed by atoms with E-state index < -0.39 is 0 Å². The summed E-state index contributed by atoms with van der Waals surface area (Å²) < 4.78 is 13.2. The number of nitrogens with zero attached hydrogens (tertiary/aromatic N) is 5. The number of hydrogen-bond acceptors (Lipinski definition) is 5. The van der Waals surface area contributed by atoms with Gasteiger partial charge in [-0.25, -0.2) is 9.97 Å². The molecule has 1 saturated heterocycles. The van der Waals surface area contributed by atoms with E-state index in [2.05, 4.69) is 36.7 Å². The van der Waals surface area contributed by atoms with Crippen molar-refractivity contribution in [1.29, 1.82) is 0 Å². The molecule has 0 spiro atoms. The Morgan fingerprint density at radius 2 is 1.97 bits per heavy atom. The van der Waals surface area contributed by atoms with Gasteiger partial charge in [-0.2, -0.15) is 0 Å². The number of rotatable bonds is 6. The topological polar surface area (TPSA) is 76.8 Å². The van der Waals surface area contributed by atoms with E-state index in [0.29, 0.717) is 24.4 Å². The molecule has 3 aromatic rings. The van der Waals surface area contributed by atoms with Gasteiger partial charge in [0.25, 0.3) is 0 Å². The summed E-state index contributed by atoms with van der Waals surface area (Å²) in [4.78, 5) is 15.5. The van der Waals surface area contributed by atoms with Crippen LogP contribution in [-0.4, -0.2) is 52.6 Å². The Bertz CT molecular complexity index is 1010. The van der Waals surface area contributed by atoms with E-state index in [1.165, 1.54) is 0 Å². The maximum Gasteiger partial charge on any atom is 0.219 e. The first-order valence-corrected chi connectivity index (χ1v) is 10.9. The summed E-state index contributed by atoms with van der Waals surface area (Å²) in [6.45, 7) is 4.84. The number of aromatic nitrogens is 3. The van der Waals surface area contributed by atoms with Crippen LogP contribution < -0.4 is 14.8 Å². The molecule has 3 heterocycles. The van der Waals surface area contributed by atoms with E-state index in [1.807, 2.05) is 68.4 Å². The van der Waals surface area contributed by atoms with Gasteiger partial charge in [0, 0.05) is 51.3 Å². The third kappa shape index (κ3) is 6.37. The van der Waals surface area contributed by atoms with Crippen molar-refractivity contribution in [2.24, 2.45) is 10.9 Å². The van der Waals surface area contributed by atoms with Crippen LogP contribution in [0.15, 0.2) is 66.3 Å². The predicted octanol–water partition coefficient (Wildman–Crippen LogP) is 4.36. The smallest absolute Gasteiger partial charge is 0.219 e. The second-order valence-corrected chi connectivity index (χ2v) is 7.97. The average molecular weight is 562 g/mol. The molecule has 33 heavy (non-hydrogen) atoms. The Morgan fingerprint density at radius 1 is 1.18 bits per heavy atom. The van der Waals surface area contributed by atoms with Crippen molar-refractivity contribution in [3.63, 3.8) is 0 Å². The molecule has 2 unspecified atom stereocenters. The van der Waals surface area contributed by atoms with Crippen molar-refractivity contribution in [3.8, 4) is 17.4 Å². The van der Waals surface area contributed by atoms with Crippen LogP contribution in [0.1, 0.15) is 24.9 Å². The summed E-state index contributed by atoms with van der Waals surface area (Å²) >= 11 is 0. The number of piperidine rings is 1. The van der Waals surface area contributed by atoms with Gasteiger partial charge in [0.05, 0.1) is 19.5 Å². The number of hydrogen-bond donors (Lipinski definition) is 1. The fraction of sp³-hybridized carbons (Fsp3) is 0.375. The minimum atomic E-state index is 0. The maximum atomic E-state index is 5.81. The lowest BCUT2D eigenvalue weighted by Crippen LogP contribution is -2.48. The highest BCUT2D eigenvalue weighted by Crippen LogP contribution is 2.27. The average Bonchev–Trinajstić information content (AvgIpc) is 3.37. The molecule has 4 rings (SSSR count). The van der Waals surface area contributed by atoms with Crippen molar-refractivity contribution in [1.82, 2.24) is 24.8 Å². The van der Waals surface area contributed by atoms with Crippen molar-refractivity contribution >= 4 is 29.9 Å².